The highest BCUT2D eigenvalue weighted by atomic mass is 16.1. The van der Waals surface area contributed by atoms with E-state index in [0.29, 0.717) is 0 Å². The minimum Gasteiger partial charge on any atom is -0.368 e. The zero-order chi connectivity index (χ0) is 12.3. The first-order valence-electron chi connectivity index (χ1n) is 6.22. The smallest absolute Gasteiger partial charge is 0.237 e. The van der Waals surface area contributed by atoms with Crippen LogP contribution in [0.15, 0.2) is 30.3 Å². The van der Waals surface area contributed by atoms with Gasteiger partial charge in [-0.05, 0) is 38.3 Å². The molecule has 0 saturated carbocycles. The Morgan fingerprint density at radius 2 is 2.06 bits per heavy atom. The number of rotatable bonds is 3. The van der Waals surface area contributed by atoms with Gasteiger partial charge in [0, 0.05) is 6.54 Å². The molecule has 1 aliphatic heterocycles. The molecule has 1 heterocycles. The van der Waals surface area contributed by atoms with Gasteiger partial charge in [0.15, 0.2) is 0 Å². The summed E-state index contributed by atoms with van der Waals surface area (Å²) in [6.07, 6.45) is 3.11. The number of benzene rings is 1. The van der Waals surface area contributed by atoms with Crippen molar-refractivity contribution in [2.24, 2.45) is 5.73 Å². The predicted molar refractivity (Wildman–Crippen MR) is 68.3 cm³/mol. The van der Waals surface area contributed by atoms with E-state index in [-0.39, 0.29) is 5.91 Å². The fourth-order valence-electron chi connectivity index (χ4n) is 2.51. The summed E-state index contributed by atoms with van der Waals surface area (Å²) >= 11 is 0. The largest absolute Gasteiger partial charge is 0.368 e. The lowest BCUT2D eigenvalue weighted by molar-refractivity contribution is -0.131. The molecule has 92 valence electrons. The number of primary amides is 1. The summed E-state index contributed by atoms with van der Waals surface area (Å²) in [6, 6.07) is 10.3. The van der Waals surface area contributed by atoms with Crippen LogP contribution < -0.4 is 5.73 Å². The summed E-state index contributed by atoms with van der Waals surface area (Å²) in [6.45, 7) is 3.73. The second-order valence-electron chi connectivity index (χ2n) is 5.00. The van der Waals surface area contributed by atoms with Crippen LogP contribution in [0.4, 0.5) is 0 Å². The normalized spacial score (nSPS) is 25.7. The van der Waals surface area contributed by atoms with E-state index >= 15 is 0 Å². The van der Waals surface area contributed by atoms with Gasteiger partial charge in [0.05, 0.1) is 5.54 Å². The summed E-state index contributed by atoms with van der Waals surface area (Å²) in [5, 5.41) is 0. The first kappa shape index (κ1) is 12.1. The topological polar surface area (TPSA) is 46.3 Å². The van der Waals surface area contributed by atoms with E-state index in [4.69, 9.17) is 5.73 Å². The number of carbonyl (C=O) groups excluding carboxylic acids is 1. The summed E-state index contributed by atoms with van der Waals surface area (Å²) in [5.74, 6) is -0.201. The molecule has 17 heavy (non-hydrogen) atoms. The van der Waals surface area contributed by atoms with Crippen LogP contribution in [0.25, 0.3) is 0 Å². The predicted octanol–water partition coefficient (Wildman–Crippen LogP) is 1.92. The van der Waals surface area contributed by atoms with Gasteiger partial charge in [-0.15, -0.1) is 0 Å². The highest BCUT2D eigenvalue weighted by Crippen LogP contribution is 2.29. The van der Waals surface area contributed by atoms with Gasteiger partial charge in [-0.25, -0.2) is 0 Å². The molecule has 1 unspecified atom stereocenters. The van der Waals surface area contributed by atoms with Crippen LogP contribution in [0.1, 0.15) is 31.7 Å². The number of carbonyl (C=O) groups is 1. The molecule has 1 aliphatic rings. The van der Waals surface area contributed by atoms with Gasteiger partial charge >= 0.3 is 0 Å². The molecule has 1 fully saturated rings. The molecular weight excluding hydrogens is 212 g/mol. The number of piperidine rings is 1. The Hall–Kier alpha value is -1.35. The van der Waals surface area contributed by atoms with E-state index in [1.54, 1.807) is 0 Å². The van der Waals surface area contributed by atoms with E-state index in [1.165, 1.54) is 5.56 Å². The van der Waals surface area contributed by atoms with E-state index in [2.05, 4.69) is 17.0 Å². The maximum absolute atomic E-state index is 11.7. The third kappa shape index (κ3) is 2.50. The number of nitrogens with two attached hydrogens (primary N) is 1. The summed E-state index contributed by atoms with van der Waals surface area (Å²) < 4.78 is 0. The van der Waals surface area contributed by atoms with E-state index in [9.17, 15) is 4.79 Å². The molecule has 0 spiro atoms. The molecule has 0 radical (unpaired) electrons. The maximum atomic E-state index is 11.7. The minimum atomic E-state index is -0.478. The molecule has 3 heteroatoms. The molecule has 1 aromatic carbocycles. The first-order chi connectivity index (χ1) is 8.13. The quantitative estimate of drug-likeness (QED) is 0.865. The highest BCUT2D eigenvalue weighted by molar-refractivity contribution is 5.84. The Kier molecular flexibility index (Phi) is 3.48. The Labute approximate surface area is 103 Å². The zero-order valence-electron chi connectivity index (χ0n) is 10.4. The lowest BCUT2D eigenvalue weighted by Gasteiger charge is -2.42. The Balaban J connectivity index is 2.15. The van der Waals surface area contributed by atoms with E-state index in [1.807, 2.05) is 25.1 Å². The van der Waals surface area contributed by atoms with Crippen molar-refractivity contribution < 1.29 is 4.79 Å². The Morgan fingerprint density at radius 3 is 2.71 bits per heavy atom. The van der Waals surface area contributed by atoms with Crippen molar-refractivity contribution in [1.29, 1.82) is 0 Å². The minimum absolute atomic E-state index is 0.201. The molecule has 0 aliphatic carbocycles. The lowest BCUT2D eigenvalue weighted by Crippen LogP contribution is -2.57. The van der Waals surface area contributed by atoms with Gasteiger partial charge < -0.3 is 5.73 Å². The van der Waals surface area contributed by atoms with Gasteiger partial charge in [0.2, 0.25) is 5.91 Å². The molecule has 0 aromatic heterocycles. The molecular formula is C14H20N2O. The highest BCUT2D eigenvalue weighted by Gasteiger charge is 2.39. The Bertz CT molecular complexity index is 390. The average Bonchev–Trinajstić information content (AvgIpc) is 2.33. The number of hydrogen-bond acceptors (Lipinski definition) is 2. The zero-order valence-corrected chi connectivity index (χ0v) is 10.4. The van der Waals surface area contributed by atoms with Crippen LogP contribution in [-0.4, -0.2) is 22.9 Å². The molecule has 1 saturated heterocycles. The molecule has 3 nitrogen and oxygen atoms in total. The van der Waals surface area contributed by atoms with Crippen molar-refractivity contribution in [1.82, 2.24) is 4.90 Å². The summed E-state index contributed by atoms with van der Waals surface area (Å²) in [7, 11) is 0. The van der Waals surface area contributed by atoms with Crippen LogP contribution in [-0.2, 0) is 11.3 Å². The number of amides is 1. The van der Waals surface area contributed by atoms with Gasteiger partial charge in [-0.1, -0.05) is 30.3 Å². The lowest BCUT2D eigenvalue weighted by atomic mass is 9.87. The SMILES string of the molecule is CC1(C(N)=O)CCCCN1Cc1ccccc1. The number of nitrogens with zero attached hydrogens (tertiary/aromatic N) is 1. The monoisotopic (exact) mass is 232 g/mol. The Morgan fingerprint density at radius 1 is 1.35 bits per heavy atom. The molecule has 0 bridgehead atoms. The molecule has 2 N–H and O–H groups in total. The average molecular weight is 232 g/mol. The van der Waals surface area contributed by atoms with Gasteiger partial charge in [0.25, 0.3) is 0 Å². The molecule has 1 atom stereocenters. The number of likely N-dealkylation sites (tertiary alicyclic amines) is 1. The van der Waals surface area contributed by atoms with Crippen molar-refractivity contribution in [3.63, 3.8) is 0 Å². The fraction of sp³-hybridized carbons (Fsp3) is 0.500. The second-order valence-corrected chi connectivity index (χ2v) is 5.00. The first-order valence-corrected chi connectivity index (χ1v) is 6.22. The van der Waals surface area contributed by atoms with Crippen LogP contribution >= 0.6 is 0 Å². The van der Waals surface area contributed by atoms with Crippen molar-refractivity contribution in [3.8, 4) is 0 Å². The van der Waals surface area contributed by atoms with Crippen molar-refractivity contribution in [2.45, 2.75) is 38.3 Å². The van der Waals surface area contributed by atoms with E-state index < -0.39 is 5.54 Å². The third-order valence-corrected chi connectivity index (χ3v) is 3.79. The standard InChI is InChI=1S/C14H20N2O/c1-14(13(15)17)9-5-6-10-16(14)11-12-7-3-2-4-8-12/h2-4,7-8H,5-6,9-11H2,1H3,(H2,15,17). The van der Waals surface area contributed by atoms with Crippen molar-refractivity contribution in [3.05, 3.63) is 35.9 Å². The number of hydrogen-bond donors (Lipinski definition) is 1. The van der Waals surface area contributed by atoms with Gasteiger partial charge in [-0.2, -0.15) is 0 Å². The third-order valence-electron chi connectivity index (χ3n) is 3.79. The summed E-state index contributed by atoms with van der Waals surface area (Å²) in [5.41, 5.74) is 6.32. The van der Waals surface area contributed by atoms with Gasteiger partial charge in [0.1, 0.15) is 0 Å². The summed E-state index contributed by atoms with van der Waals surface area (Å²) in [4.78, 5) is 13.9. The van der Waals surface area contributed by atoms with Crippen LogP contribution in [0.3, 0.4) is 0 Å². The molecule has 1 amide bonds. The van der Waals surface area contributed by atoms with Crippen LogP contribution in [0.5, 0.6) is 0 Å². The van der Waals surface area contributed by atoms with Gasteiger partial charge in [-0.3, -0.25) is 9.69 Å². The van der Waals surface area contributed by atoms with Crippen molar-refractivity contribution in [2.75, 3.05) is 6.54 Å². The molecule has 1 aromatic rings. The second kappa shape index (κ2) is 4.88. The van der Waals surface area contributed by atoms with E-state index in [0.717, 1.165) is 32.4 Å². The maximum Gasteiger partial charge on any atom is 0.237 e. The molecule has 2 rings (SSSR count). The van der Waals surface area contributed by atoms with Crippen LogP contribution in [0, 0.1) is 0 Å². The van der Waals surface area contributed by atoms with Crippen molar-refractivity contribution >= 4 is 5.91 Å². The van der Waals surface area contributed by atoms with Crippen LogP contribution in [0.2, 0.25) is 0 Å². The fourth-order valence-corrected chi connectivity index (χ4v) is 2.51.